The van der Waals surface area contributed by atoms with Crippen LogP contribution in [0.3, 0.4) is 0 Å². The molecule has 5 heteroatoms. The smallest absolute Gasteiger partial charge is 0.139 e. The molecule has 1 aliphatic heterocycles. The molecule has 5 nitrogen and oxygen atoms in total. The molecule has 0 N–H and O–H groups in total. The van der Waals surface area contributed by atoms with E-state index in [1.807, 2.05) is 0 Å². The molecule has 10 unspecified atom stereocenters. The van der Waals surface area contributed by atoms with Gasteiger partial charge in [0, 0.05) is 103 Å². The van der Waals surface area contributed by atoms with Gasteiger partial charge in [-0.1, -0.05) is 122 Å². The fourth-order valence-corrected chi connectivity index (χ4v) is 14.3. The Hall–Kier alpha value is -5.81. The Bertz CT molecular complexity index is 2610. The quantitative estimate of drug-likeness (QED) is 0.178. The van der Waals surface area contributed by atoms with Crippen LogP contribution >= 0.6 is 0 Å². The van der Waals surface area contributed by atoms with Gasteiger partial charge in [0.05, 0.1) is 0 Å². The predicted molar refractivity (Wildman–Crippen MR) is 246 cm³/mol. The average Bonchev–Trinajstić information content (AvgIpc) is 3.92. The van der Waals surface area contributed by atoms with E-state index in [1.54, 1.807) is 0 Å². The highest BCUT2D eigenvalue weighted by molar-refractivity contribution is 6.09. The highest BCUT2D eigenvalue weighted by Crippen LogP contribution is 2.61. The molecule has 3 heterocycles. The Labute approximate surface area is 352 Å². The largest absolute Gasteiger partial charge is 0.363 e. The second-order valence-electron chi connectivity index (χ2n) is 18.9. The number of anilines is 2. The molecule has 4 aliphatic carbocycles. The Morgan fingerprint density at radius 1 is 0.367 bits per heavy atom. The number of ketones is 1. The maximum absolute atomic E-state index is 15.9. The van der Waals surface area contributed by atoms with Gasteiger partial charge in [0.1, 0.15) is 5.78 Å². The van der Waals surface area contributed by atoms with Gasteiger partial charge < -0.3 is 18.9 Å². The SMILES string of the molecule is O=C1C2CC(n3c4ccccc4c4ccccc43)CC3C2C2C1CC(n1c4ccccc4c4ccccc41)CC2N(c1ccccc1)C1CCCCC1N3c1ccccc1. The fourth-order valence-electron chi connectivity index (χ4n) is 14.3. The van der Waals surface area contributed by atoms with Crippen molar-refractivity contribution in [1.82, 2.24) is 9.13 Å². The third kappa shape index (κ3) is 5.01. The summed E-state index contributed by atoms with van der Waals surface area (Å²) in [6.45, 7) is 0. The zero-order valence-electron chi connectivity index (χ0n) is 34.1. The van der Waals surface area contributed by atoms with Gasteiger partial charge in [-0.25, -0.2) is 0 Å². The van der Waals surface area contributed by atoms with Gasteiger partial charge in [-0.15, -0.1) is 0 Å². The lowest BCUT2D eigenvalue weighted by atomic mass is 9.64. The van der Waals surface area contributed by atoms with Crippen molar-refractivity contribution in [2.45, 2.75) is 87.6 Å². The summed E-state index contributed by atoms with van der Waals surface area (Å²) in [5.41, 5.74) is 7.88. The number of benzene rings is 6. The van der Waals surface area contributed by atoms with Crippen LogP contribution in [-0.4, -0.2) is 39.1 Å². The molecule has 4 saturated carbocycles. The molecule has 13 rings (SSSR count). The zero-order chi connectivity index (χ0) is 39.5. The molecule has 60 heavy (non-hydrogen) atoms. The van der Waals surface area contributed by atoms with E-state index in [4.69, 9.17) is 0 Å². The number of aromatic nitrogens is 2. The third-order valence-electron chi connectivity index (χ3n) is 16.3. The van der Waals surface area contributed by atoms with Gasteiger partial charge in [-0.3, -0.25) is 4.79 Å². The van der Waals surface area contributed by atoms with Gasteiger partial charge in [0.15, 0.2) is 0 Å². The number of nitrogens with zero attached hydrogens (tertiary/aromatic N) is 4. The maximum Gasteiger partial charge on any atom is 0.139 e. The van der Waals surface area contributed by atoms with Gasteiger partial charge in [0.2, 0.25) is 0 Å². The molecule has 10 atom stereocenters. The summed E-state index contributed by atoms with van der Waals surface area (Å²) in [6.07, 6.45) is 8.73. The van der Waals surface area contributed by atoms with Crippen LogP contribution in [0.4, 0.5) is 11.4 Å². The molecular formula is C55H52N4O. The predicted octanol–water partition coefficient (Wildman–Crippen LogP) is 12.4. The summed E-state index contributed by atoms with van der Waals surface area (Å²) in [5.74, 6) is 1.12. The maximum atomic E-state index is 15.9. The summed E-state index contributed by atoms with van der Waals surface area (Å²) in [4.78, 5) is 21.8. The van der Waals surface area contributed by atoms with Crippen LogP contribution in [-0.2, 0) is 4.79 Å². The molecule has 0 spiro atoms. The Morgan fingerprint density at radius 3 is 1.07 bits per heavy atom. The molecule has 6 aromatic carbocycles. The Balaban J connectivity index is 1.04. The first-order valence-electron chi connectivity index (χ1n) is 22.9. The Morgan fingerprint density at radius 2 is 0.700 bits per heavy atom. The van der Waals surface area contributed by atoms with Crippen LogP contribution in [0, 0.1) is 23.7 Å². The third-order valence-corrected chi connectivity index (χ3v) is 16.3. The normalized spacial score (nSPS) is 30.1. The minimum Gasteiger partial charge on any atom is -0.363 e. The second kappa shape index (κ2) is 13.6. The number of Topliss-reactive ketones (excluding diaryl/α,β-unsaturated/α-hetero) is 1. The molecule has 0 radical (unpaired) electrons. The summed E-state index contributed by atoms with van der Waals surface area (Å²) >= 11 is 0. The lowest BCUT2D eigenvalue weighted by Gasteiger charge is -2.60. The average molecular weight is 785 g/mol. The van der Waals surface area contributed by atoms with Crippen LogP contribution in [0.15, 0.2) is 158 Å². The molecule has 0 amide bonds. The molecular weight excluding hydrogens is 733 g/mol. The van der Waals surface area contributed by atoms with Crippen LogP contribution in [0.1, 0.15) is 63.5 Å². The molecule has 298 valence electrons. The van der Waals surface area contributed by atoms with E-state index in [9.17, 15) is 0 Å². The van der Waals surface area contributed by atoms with Gasteiger partial charge in [-0.2, -0.15) is 0 Å². The number of carbonyl (C=O) groups excluding carboxylic acids is 1. The van der Waals surface area contributed by atoms with Crippen LogP contribution in [0.5, 0.6) is 0 Å². The second-order valence-corrected chi connectivity index (χ2v) is 18.9. The van der Waals surface area contributed by atoms with Crippen molar-refractivity contribution in [3.8, 4) is 0 Å². The van der Waals surface area contributed by atoms with Crippen molar-refractivity contribution in [1.29, 1.82) is 0 Å². The lowest BCUT2D eigenvalue weighted by molar-refractivity contribution is -0.126. The number of carbonyl (C=O) groups is 1. The first-order chi connectivity index (χ1) is 29.7. The number of rotatable bonds is 4. The summed E-state index contributed by atoms with van der Waals surface area (Å²) in [5, 5.41) is 5.27. The van der Waals surface area contributed by atoms with Crippen LogP contribution in [0.2, 0.25) is 0 Å². The highest BCUT2D eigenvalue weighted by Gasteiger charge is 2.64. The fraction of sp³-hybridized carbons (Fsp3) is 0.327. The molecule has 1 saturated heterocycles. The summed E-state index contributed by atoms with van der Waals surface area (Å²) in [7, 11) is 0. The number of hydrogen-bond acceptors (Lipinski definition) is 3. The van der Waals surface area contributed by atoms with E-state index >= 15 is 4.79 Å². The van der Waals surface area contributed by atoms with E-state index in [0.717, 1.165) is 25.7 Å². The standard InChI is InChI=1S/C55H52N4O/c60-55-43-31-37(58-45-25-11-7-21-39(45)40-22-8-12-26-46(40)58)33-51-53(43)54-44(55)32-38(59-47-27-13-9-23-41(47)42-24-10-14-28-48(42)59)34-52(54)57(36-19-5-2-6-20-36)50-30-16-15-29-49(50)56(51)35-17-3-1-4-18-35/h1-14,17-28,37-38,43-44,49-54H,15-16,29-34H2. The molecule has 5 fully saturated rings. The van der Waals surface area contributed by atoms with E-state index in [2.05, 4.69) is 177 Å². The number of hydrogen-bond donors (Lipinski definition) is 0. The van der Waals surface area contributed by atoms with Crippen molar-refractivity contribution in [3.63, 3.8) is 0 Å². The lowest BCUT2D eigenvalue weighted by Crippen LogP contribution is -2.67. The molecule has 0 bridgehead atoms. The molecule has 2 aromatic heterocycles. The highest BCUT2D eigenvalue weighted by atomic mass is 16.1. The van der Waals surface area contributed by atoms with E-state index in [-0.39, 0.29) is 47.8 Å². The first kappa shape index (κ1) is 35.0. The monoisotopic (exact) mass is 784 g/mol. The van der Waals surface area contributed by atoms with Crippen molar-refractivity contribution < 1.29 is 4.79 Å². The van der Waals surface area contributed by atoms with E-state index in [1.165, 1.54) is 80.7 Å². The molecule has 5 aliphatic rings. The van der Waals surface area contributed by atoms with Crippen molar-refractivity contribution in [3.05, 3.63) is 158 Å². The molecule has 8 aromatic rings. The summed E-state index contributed by atoms with van der Waals surface area (Å²) in [6, 6.07) is 60.5. The summed E-state index contributed by atoms with van der Waals surface area (Å²) < 4.78 is 5.34. The van der Waals surface area contributed by atoms with Crippen molar-refractivity contribution in [2.75, 3.05) is 9.80 Å². The van der Waals surface area contributed by atoms with Crippen LogP contribution < -0.4 is 9.80 Å². The number of para-hydroxylation sites is 6. The van der Waals surface area contributed by atoms with Gasteiger partial charge in [-0.05, 0) is 98.9 Å². The number of fused-ring (bicyclic) bond motifs is 7. The zero-order valence-corrected chi connectivity index (χ0v) is 34.1. The Kier molecular flexibility index (Phi) is 7.94. The van der Waals surface area contributed by atoms with Crippen LogP contribution in [0.25, 0.3) is 43.6 Å². The van der Waals surface area contributed by atoms with Crippen molar-refractivity contribution in [2.24, 2.45) is 23.7 Å². The van der Waals surface area contributed by atoms with E-state index in [0.29, 0.717) is 17.9 Å². The topological polar surface area (TPSA) is 33.4 Å². The van der Waals surface area contributed by atoms with E-state index < -0.39 is 0 Å². The minimum absolute atomic E-state index is 0.00653. The van der Waals surface area contributed by atoms with Gasteiger partial charge in [0.25, 0.3) is 0 Å². The minimum atomic E-state index is 0.00653. The van der Waals surface area contributed by atoms with Crippen molar-refractivity contribution >= 4 is 60.8 Å². The first-order valence-corrected chi connectivity index (χ1v) is 22.9. The van der Waals surface area contributed by atoms with Gasteiger partial charge >= 0.3 is 0 Å².